The number of pyridine rings is 2. The Bertz CT molecular complexity index is 1540. The minimum atomic E-state index is -1.31. The second kappa shape index (κ2) is 8.65. The van der Waals surface area contributed by atoms with Crippen LogP contribution in [0.1, 0.15) is 22.8 Å². The van der Waals surface area contributed by atoms with Gasteiger partial charge in [-0.3, -0.25) is 9.78 Å². The van der Waals surface area contributed by atoms with Crippen LogP contribution in [-0.2, 0) is 6.54 Å². The molecule has 0 radical (unpaired) electrons. The molecule has 5 rings (SSSR count). The lowest BCUT2D eigenvalue weighted by Crippen LogP contribution is -2.47. The van der Waals surface area contributed by atoms with Crippen molar-refractivity contribution in [3.05, 3.63) is 75.7 Å². The summed E-state index contributed by atoms with van der Waals surface area (Å²) in [7, 11) is 0. The Morgan fingerprint density at radius 1 is 1.06 bits per heavy atom. The summed E-state index contributed by atoms with van der Waals surface area (Å²) < 4.78 is 30.9. The van der Waals surface area contributed by atoms with Crippen LogP contribution in [0.15, 0.2) is 47.5 Å². The molecule has 1 saturated heterocycles. The van der Waals surface area contributed by atoms with Crippen LogP contribution in [0.2, 0.25) is 0 Å². The van der Waals surface area contributed by atoms with Crippen molar-refractivity contribution in [1.82, 2.24) is 9.55 Å². The van der Waals surface area contributed by atoms with Gasteiger partial charge in [0.2, 0.25) is 5.43 Å². The lowest BCUT2D eigenvalue weighted by Gasteiger charge is -2.37. The van der Waals surface area contributed by atoms with Gasteiger partial charge in [-0.2, -0.15) is 0 Å². The summed E-state index contributed by atoms with van der Waals surface area (Å²) in [4.78, 5) is 33.2. The zero-order valence-electron chi connectivity index (χ0n) is 19.4. The maximum Gasteiger partial charge on any atom is 0.341 e. The van der Waals surface area contributed by atoms with Crippen LogP contribution in [0.4, 0.5) is 20.2 Å². The normalized spacial score (nSPS) is 14.2. The van der Waals surface area contributed by atoms with Crippen LogP contribution >= 0.6 is 0 Å². The molecule has 7 nitrogen and oxygen atoms in total. The molecule has 180 valence electrons. The number of aromatic carboxylic acids is 1. The third-order valence-corrected chi connectivity index (χ3v) is 6.70. The van der Waals surface area contributed by atoms with E-state index in [1.165, 1.54) is 30.6 Å². The van der Waals surface area contributed by atoms with Crippen molar-refractivity contribution in [2.45, 2.75) is 20.4 Å². The molecule has 1 fully saturated rings. The maximum absolute atomic E-state index is 15.2. The molecule has 0 saturated carbocycles. The fourth-order valence-corrected chi connectivity index (χ4v) is 4.77. The number of carbonyl (C=O) groups is 1. The summed E-state index contributed by atoms with van der Waals surface area (Å²) in [5.74, 6) is -2.04. The molecule has 0 unspecified atom stereocenters. The highest BCUT2D eigenvalue weighted by Gasteiger charge is 2.25. The SMILES string of the molecule is CCn1cc(C(=O)O)c(=O)c2c3ccc(F)c(N4CCN(c5ccc(C)c(F)c5)CC4)c3ncc21. The average Bonchev–Trinajstić information content (AvgIpc) is 2.85. The third kappa shape index (κ3) is 3.77. The molecule has 2 aromatic heterocycles. The van der Waals surface area contributed by atoms with Crippen LogP contribution in [0, 0.1) is 18.6 Å². The lowest BCUT2D eigenvalue weighted by atomic mass is 10.0. The Morgan fingerprint density at radius 3 is 2.43 bits per heavy atom. The van der Waals surface area contributed by atoms with Crippen LogP contribution in [0.3, 0.4) is 0 Å². The number of aromatic nitrogens is 2. The van der Waals surface area contributed by atoms with Crippen molar-refractivity contribution >= 4 is 39.1 Å². The summed E-state index contributed by atoms with van der Waals surface area (Å²) in [6.45, 7) is 6.05. The molecule has 0 spiro atoms. The second-order valence-corrected chi connectivity index (χ2v) is 8.68. The number of carboxylic acids is 1. The van der Waals surface area contributed by atoms with Gasteiger partial charge in [-0.1, -0.05) is 6.07 Å². The number of fused-ring (bicyclic) bond motifs is 3. The van der Waals surface area contributed by atoms with Gasteiger partial charge in [0.25, 0.3) is 0 Å². The highest BCUT2D eigenvalue weighted by atomic mass is 19.1. The number of benzene rings is 2. The predicted molar refractivity (Wildman–Crippen MR) is 132 cm³/mol. The van der Waals surface area contributed by atoms with Crippen molar-refractivity contribution in [3.63, 3.8) is 0 Å². The van der Waals surface area contributed by atoms with Crippen LogP contribution in [0.5, 0.6) is 0 Å². The van der Waals surface area contributed by atoms with E-state index in [1.54, 1.807) is 17.6 Å². The molecular weight excluding hydrogens is 454 g/mol. The highest BCUT2D eigenvalue weighted by molar-refractivity contribution is 6.09. The topological polar surface area (TPSA) is 78.7 Å². The van der Waals surface area contributed by atoms with Gasteiger partial charge < -0.3 is 19.5 Å². The van der Waals surface area contributed by atoms with Crippen LogP contribution in [0.25, 0.3) is 21.8 Å². The number of nitrogens with zero attached hydrogens (tertiary/aromatic N) is 4. The average molecular weight is 478 g/mol. The number of hydrogen-bond acceptors (Lipinski definition) is 5. The number of aryl methyl sites for hydroxylation is 2. The number of carboxylic acid groups (broad SMARTS) is 1. The van der Waals surface area contributed by atoms with E-state index in [0.717, 1.165) is 5.69 Å². The van der Waals surface area contributed by atoms with Gasteiger partial charge in [0.05, 0.1) is 28.3 Å². The number of anilines is 2. The fourth-order valence-electron chi connectivity index (χ4n) is 4.77. The van der Waals surface area contributed by atoms with E-state index in [0.29, 0.717) is 54.7 Å². The van der Waals surface area contributed by atoms with E-state index in [2.05, 4.69) is 4.98 Å². The summed E-state index contributed by atoms with van der Waals surface area (Å²) in [5.41, 5.74) is 1.49. The zero-order chi connectivity index (χ0) is 24.9. The van der Waals surface area contributed by atoms with Crippen molar-refractivity contribution in [2.75, 3.05) is 36.0 Å². The number of hydrogen-bond donors (Lipinski definition) is 1. The van der Waals surface area contributed by atoms with E-state index in [9.17, 15) is 19.1 Å². The number of halogens is 2. The van der Waals surface area contributed by atoms with Crippen molar-refractivity contribution < 1.29 is 18.7 Å². The Balaban J connectivity index is 1.58. The van der Waals surface area contributed by atoms with Crippen LogP contribution < -0.4 is 15.2 Å². The van der Waals surface area contributed by atoms with Gasteiger partial charge in [-0.15, -0.1) is 0 Å². The summed E-state index contributed by atoms with van der Waals surface area (Å²) in [6.07, 6.45) is 2.82. The van der Waals surface area contributed by atoms with Gasteiger partial charge in [0, 0.05) is 50.0 Å². The predicted octanol–water partition coefficient (Wildman–Crippen LogP) is 4.18. The Hall–Kier alpha value is -4.01. The van der Waals surface area contributed by atoms with E-state index >= 15 is 4.39 Å². The molecule has 9 heteroatoms. The van der Waals surface area contributed by atoms with Gasteiger partial charge in [-0.05, 0) is 43.7 Å². The molecule has 0 bridgehead atoms. The third-order valence-electron chi connectivity index (χ3n) is 6.70. The molecule has 0 aliphatic carbocycles. The molecule has 2 aromatic carbocycles. The van der Waals surface area contributed by atoms with E-state index in [4.69, 9.17) is 0 Å². The van der Waals surface area contributed by atoms with E-state index in [1.807, 2.05) is 22.8 Å². The van der Waals surface area contributed by atoms with Crippen molar-refractivity contribution in [1.29, 1.82) is 0 Å². The Labute approximate surface area is 199 Å². The van der Waals surface area contributed by atoms with E-state index in [-0.39, 0.29) is 22.5 Å². The van der Waals surface area contributed by atoms with Gasteiger partial charge in [-0.25, -0.2) is 13.6 Å². The first kappa shape index (κ1) is 22.8. The molecule has 35 heavy (non-hydrogen) atoms. The Morgan fingerprint density at radius 2 is 1.77 bits per heavy atom. The van der Waals surface area contributed by atoms with E-state index < -0.39 is 17.2 Å². The summed E-state index contributed by atoms with van der Waals surface area (Å²) >= 11 is 0. The summed E-state index contributed by atoms with van der Waals surface area (Å²) in [5, 5.41) is 10.2. The maximum atomic E-state index is 15.2. The first-order valence-corrected chi connectivity index (χ1v) is 11.4. The largest absolute Gasteiger partial charge is 0.477 e. The van der Waals surface area contributed by atoms with Crippen molar-refractivity contribution in [3.8, 4) is 0 Å². The second-order valence-electron chi connectivity index (χ2n) is 8.68. The monoisotopic (exact) mass is 478 g/mol. The molecule has 3 heterocycles. The zero-order valence-corrected chi connectivity index (χ0v) is 19.4. The quantitative estimate of drug-likeness (QED) is 0.444. The molecular formula is C26H24F2N4O3. The summed E-state index contributed by atoms with van der Waals surface area (Å²) in [6, 6.07) is 7.91. The first-order chi connectivity index (χ1) is 16.8. The minimum absolute atomic E-state index is 0.215. The van der Waals surface area contributed by atoms with Crippen molar-refractivity contribution in [2.24, 2.45) is 0 Å². The highest BCUT2D eigenvalue weighted by Crippen LogP contribution is 2.33. The fraction of sp³-hybridized carbons (Fsp3) is 0.269. The van der Waals surface area contributed by atoms with Gasteiger partial charge in [0.1, 0.15) is 17.2 Å². The number of rotatable bonds is 4. The number of piperazine rings is 1. The molecule has 1 aliphatic heterocycles. The Kier molecular flexibility index (Phi) is 5.62. The van der Waals surface area contributed by atoms with Gasteiger partial charge in [0.15, 0.2) is 0 Å². The minimum Gasteiger partial charge on any atom is -0.477 e. The molecule has 1 N–H and O–H groups in total. The van der Waals surface area contributed by atoms with Gasteiger partial charge >= 0.3 is 5.97 Å². The molecule has 1 aliphatic rings. The molecule has 0 amide bonds. The standard InChI is InChI=1S/C26H24F2N4O3/c1-3-30-14-18(26(34)35)25(33)22-17-6-7-19(27)24(23(17)29-13-21(22)30)32-10-8-31(9-11-32)16-5-4-15(2)20(28)12-16/h4-7,12-14H,3,8-11H2,1-2H3,(H,34,35). The molecule has 4 aromatic rings. The van der Waals surface area contributed by atoms with Crippen LogP contribution in [-0.4, -0.2) is 46.8 Å². The lowest BCUT2D eigenvalue weighted by molar-refractivity contribution is 0.0695. The molecule has 0 atom stereocenters. The first-order valence-electron chi connectivity index (χ1n) is 11.4. The smallest absolute Gasteiger partial charge is 0.341 e.